The molecular weight excluding hydrogens is 438 g/mol. The molecule has 9 heteroatoms. The Labute approximate surface area is 184 Å². The van der Waals surface area contributed by atoms with Crippen LogP contribution in [0, 0.1) is 11.6 Å². The topological polar surface area (TPSA) is 70.8 Å². The average Bonchev–Trinajstić information content (AvgIpc) is 3.20. The summed E-state index contributed by atoms with van der Waals surface area (Å²) < 4.78 is 60.2. The van der Waals surface area contributed by atoms with Crippen LogP contribution in [0.2, 0.25) is 0 Å². The number of benzene rings is 2. The van der Waals surface area contributed by atoms with Crippen LogP contribution in [0.4, 0.5) is 8.78 Å². The van der Waals surface area contributed by atoms with Gasteiger partial charge in [0.05, 0.1) is 0 Å². The Balaban J connectivity index is 1.36. The molecule has 0 saturated carbocycles. The monoisotopic (exact) mass is 460 g/mol. The first-order chi connectivity index (χ1) is 15.3. The van der Waals surface area contributed by atoms with Crippen LogP contribution >= 0.6 is 0 Å². The molecule has 2 aromatic carbocycles. The fourth-order valence-corrected chi connectivity index (χ4v) is 6.18. The van der Waals surface area contributed by atoms with Crippen LogP contribution in [-0.4, -0.2) is 43.8 Å². The second kappa shape index (κ2) is 8.06. The third-order valence-electron chi connectivity index (χ3n) is 6.28. The summed E-state index contributed by atoms with van der Waals surface area (Å²) in [7, 11) is -4.28. The summed E-state index contributed by atoms with van der Waals surface area (Å²) >= 11 is 0. The highest BCUT2D eigenvalue weighted by Gasteiger charge is 2.33. The molecule has 1 aliphatic heterocycles. The van der Waals surface area contributed by atoms with Crippen molar-refractivity contribution in [3.8, 4) is 0 Å². The molecule has 0 atom stereocenters. The van der Waals surface area contributed by atoms with Crippen molar-refractivity contribution >= 4 is 21.0 Å². The van der Waals surface area contributed by atoms with Gasteiger partial charge in [0.1, 0.15) is 17.2 Å². The van der Waals surface area contributed by atoms with E-state index in [0.29, 0.717) is 25.2 Å². The smallest absolute Gasteiger partial charge is 0.336 e. The Kier molecular flexibility index (Phi) is 5.35. The van der Waals surface area contributed by atoms with E-state index >= 15 is 0 Å². The lowest BCUT2D eigenvalue weighted by atomic mass is 10.0. The molecule has 5 rings (SSSR count). The predicted molar refractivity (Wildman–Crippen MR) is 115 cm³/mol. The lowest BCUT2D eigenvalue weighted by Crippen LogP contribution is -2.48. The number of hydrogen-bond donors (Lipinski definition) is 0. The number of halogens is 2. The van der Waals surface area contributed by atoms with Gasteiger partial charge in [0.15, 0.2) is 4.90 Å². The molecule has 3 aromatic rings. The van der Waals surface area contributed by atoms with Crippen molar-refractivity contribution in [2.75, 3.05) is 26.2 Å². The summed E-state index contributed by atoms with van der Waals surface area (Å²) in [5.74, 6) is -2.19. The number of sulfonamides is 1. The van der Waals surface area contributed by atoms with E-state index in [9.17, 15) is 22.0 Å². The van der Waals surface area contributed by atoms with Crippen molar-refractivity contribution in [1.29, 1.82) is 0 Å². The van der Waals surface area contributed by atoms with Gasteiger partial charge in [-0.1, -0.05) is 6.07 Å². The summed E-state index contributed by atoms with van der Waals surface area (Å²) in [5, 5.41) is 0.897. The van der Waals surface area contributed by atoms with E-state index in [1.807, 2.05) is 11.0 Å². The van der Waals surface area contributed by atoms with E-state index in [2.05, 4.69) is 6.07 Å². The minimum absolute atomic E-state index is 0.102. The van der Waals surface area contributed by atoms with Crippen molar-refractivity contribution < 1.29 is 21.6 Å². The van der Waals surface area contributed by atoms with E-state index < -0.39 is 32.2 Å². The number of aryl methyl sites for hydroxylation is 2. The number of rotatable bonds is 4. The van der Waals surface area contributed by atoms with Gasteiger partial charge in [0.2, 0.25) is 10.0 Å². The first kappa shape index (κ1) is 21.2. The molecule has 2 aliphatic rings. The summed E-state index contributed by atoms with van der Waals surface area (Å²) in [6, 6.07) is 8.55. The molecule has 1 fully saturated rings. The number of hydrogen-bond acceptors (Lipinski definition) is 5. The Hall–Kier alpha value is -2.62. The largest absolute Gasteiger partial charge is 0.423 e. The van der Waals surface area contributed by atoms with Crippen LogP contribution in [0.1, 0.15) is 23.1 Å². The van der Waals surface area contributed by atoms with Gasteiger partial charge in [-0.2, -0.15) is 4.31 Å². The summed E-state index contributed by atoms with van der Waals surface area (Å²) in [4.78, 5) is 13.2. The van der Waals surface area contributed by atoms with Gasteiger partial charge in [-0.25, -0.2) is 22.0 Å². The molecular formula is C23H22F2N2O4S. The highest BCUT2D eigenvalue weighted by molar-refractivity contribution is 7.89. The van der Waals surface area contributed by atoms with Gasteiger partial charge in [-0.3, -0.25) is 4.90 Å². The SMILES string of the molecule is O=c1cc(CN2CCN(S(=O)(=O)c3c(F)cccc3F)CC2)c2cc3c(cc2o1)CCC3. The Morgan fingerprint density at radius 1 is 0.938 bits per heavy atom. The third-order valence-corrected chi connectivity index (χ3v) is 8.24. The maximum absolute atomic E-state index is 14.1. The minimum Gasteiger partial charge on any atom is -0.423 e. The highest BCUT2D eigenvalue weighted by atomic mass is 32.2. The van der Waals surface area contributed by atoms with Crippen molar-refractivity contribution in [3.05, 3.63) is 75.1 Å². The Bertz CT molecular complexity index is 1340. The van der Waals surface area contributed by atoms with E-state index in [-0.39, 0.29) is 13.1 Å². The number of nitrogens with zero attached hydrogens (tertiary/aromatic N) is 2. The normalized spacial score (nSPS) is 17.7. The van der Waals surface area contributed by atoms with E-state index in [0.717, 1.165) is 52.7 Å². The fourth-order valence-electron chi connectivity index (χ4n) is 4.65. The third kappa shape index (κ3) is 3.74. The lowest BCUT2D eigenvalue weighted by Gasteiger charge is -2.34. The molecule has 0 unspecified atom stereocenters. The van der Waals surface area contributed by atoms with Gasteiger partial charge < -0.3 is 4.42 Å². The molecule has 1 saturated heterocycles. The van der Waals surface area contributed by atoms with Crippen LogP contribution < -0.4 is 5.63 Å². The quantitative estimate of drug-likeness (QED) is 0.560. The molecule has 0 radical (unpaired) electrons. The maximum atomic E-state index is 14.1. The van der Waals surface area contributed by atoms with E-state index in [1.165, 1.54) is 17.2 Å². The van der Waals surface area contributed by atoms with Crippen molar-refractivity contribution in [2.24, 2.45) is 0 Å². The van der Waals surface area contributed by atoms with E-state index in [4.69, 9.17) is 4.42 Å². The van der Waals surface area contributed by atoms with Gasteiger partial charge in [-0.05, 0) is 60.2 Å². The Morgan fingerprint density at radius 2 is 1.59 bits per heavy atom. The lowest BCUT2D eigenvalue weighted by molar-refractivity contribution is 0.181. The zero-order valence-corrected chi connectivity index (χ0v) is 18.1. The van der Waals surface area contributed by atoms with Crippen LogP contribution in [0.25, 0.3) is 11.0 Å². The molecule has 0 N–H and O–H groups in total. The highest BCUT2D eigenvalue weighted by Crippen LogP contribution is 2.29. The zero-order valence-electron chi connectivity index (χ0n) is 17.3. The van der Waals surface area contributed by atoms with Gasteiger partial charge in [0.25, 0.3) is 0 Å². The fraction of sp³-hybridized carbons (Fsp3) is 0.348. The Morgan fingerprint density at radius 3 is 2.28 bits per heavy atom. The second-order valence-corrected chi connectivity index (χ2v) is 10.2. The first-order valence-corrected chi connectivity index (χ1v) is 12.0. The van der Waals surface area contributed by atoms with E-state index in [1.54, 1.807) is 0 Å². The predicted octanol–water partition coefficient (Wildman–Crippen LogP) is 3.07. The molecule has 0 spiro atoms. The summed E-state index contributed by atoms with van der Waals surface area (Å²) in [6.07, 6.45) is 3.08. The summed E-state index contributed by atoms with van der Waals surface area (Å²) in [6.45, 7) is 1.42. The van der Waals surface area contributed by atoms with Crippen LogP contribution in [0.5, 0.6) is 0 Å². The van der Waals surface area contributed by atoms with Crippen molar-refractivity contribution in [2.45, 2.75) is 30.7 Å². The second-order valence-electron chi connectivity index (χ2n) is 8.29. The van der Waals surface area contributed by atoms with Gasteiger partial charge in [0, 0.05) is 44.2 Å². The van der Waals surface area contributed by atoms with Crippen molar-refractivity contribution in [1.82, 2.24) is 9.21 Å². The number of fused-ring (bicyclic) bond motifs is 2. The maximum Gasteiger partial charge on any atom is 0.336 e. The molecule has 6 nitrogen and oxygen atoms in total. The molecule has 2 heterocycles. The minimum atomic E-state index is -4.28. The van der Waals surface area contributed by atoms with Gasteiger partial charge >= 0.3 is 5.63 Å². The van der Waals surface area contributed by atoms with Crippen molar-refractivity contribution in [3.63, 3.8) is 0 Å². The number of piperazine rings is 1. The standard InChI is InChI=1S/C23H22F2N2O4S/c24-19-5-2-6-20(25)23(19)32(29,30)27-9-7-26(8-10-27)14-17-13-22(28)31-21-12-16-4-1-3-15(16)11-18(17)21/h2,5-6,11-13H,1,3-4,7-10,14H2. The molecule has 1 aromatic heterocycles. The molecule has 1 aliphatic carbocycles. The molecule has 32 heavy (non-hydrogen) atoms. The molecule has 0 amide bonds. The molecule has 168 valence electrons. The average molecular weight is 461 g/mol. The summed E-state index contributed by atoms with van der Waals surface area (Å²) in [5.41, 5.74) is 3.49. The van der Waals surface area contributed by atoms with Crippen LogP contribution in [-0.2, 0) is 29.4 Å². The van der Waals surface area contributed by atoms with Crippen LogP contribution in [0.3, 0.4) is 0 Å². The van der Waals surface area contributed by atoms with Gasteiger partial charge in [-0.15, -0.1) is 0 Å². The first-order valence-electron chi connectivity index (χ1n) is 10.6. The molecule has 0 bridgehead atoms. The zero-order chi connectivity index (χ0) is 22.5. The van der Waals surface area contributed by atoms with Crippen LogP contribution in [0.15, 0.2) is 50.5 Å².